The quantitative estimate of drug-likeness (QED) is 0.597. The number of aromatic nitrogens is 2. The molecule has 4 aliphatic rings. The second-order valence-corrected chi connectivity index (χ2v) is 10.7. The van der Waals surface area contributed by atoms with E-state index in [4.69, 9.17) is 4.98 Å². The second kappa shape index (κ2) is 7.15. The third-order valence-corrected chi connectivity index (χ3v) is 8.31. The minimum Gasteiger partial charge on any atom is -0.350 e. The highest BCUT2D eigenvalue weighted by molar-refractivity contribution is 8.00. The zero-order valence-corrected chi connectivity index (χ0v) is 18.0. The van der Waals surface area contributed by atoms with Gasteiger partial charge in [-0.25, -0.2) is 4.98 Å². The van der Waals surface area contributed by atoms with Gasteiger partial charge >= 0.3 is 0 Å². The number of amides is 1. The maximum atomic E-state index is 13.1. The van der Waals surface area contributed by atoms with Crippen molar-refractivity contribution in [2.24, 2.45) is 17.8 Å². The Morgan fingerprint density at radius 2 is 1.83 bits per heavy atom. The Balaban J connectivity index is 1.36. The van der Waals surface area contributed by atoms with Gasteiger partial charge in [0.15, 0.2) is 5.16 Å². The predicted octanol–water partition coefficient (Wildman–Crippen LogP) is 3.98. The average Bonchev–Trinajstić information content (AvgIpc) is 2.67. The number of benzene rings is 1. The van der Waals surface area contributed by atoms with Gasteiger partial charge in [0.1, 0.15) is 0 Å². The minimum absolute atomic E-state index is 0.0158. The fourth-order valence-corrected chi connectivity index (χ4v) is 7.33. The number of hydrogen-bond donors (Lipinski definition) is 1. The number of hydrogen-bond acceptors (Lipinski definition) is 4. The largest absolute Gasteiger partial charge is 0.350 e. The van der Waals surface area contributed by atoms with Crippen molar-refractivity contribution in [1.29, 1.82) is 0 Å². The second-order valence-electron chi connectivity index (χ2n) is 9.41. The molecule has 1 atom stereocenters. The lowest BCUT2D eigenvalue weighted by Gasteiger charge is -2.57. The van der Waals surface area contributed by atoms with Gasteiger partial charge in [0.25, 0.3) is 5.56 Å². The topological polar surface area (TPSA) is 64.0 Å². The van der Waals surface area contributed by atoms with E-state index in [-0.39, 0.29) is 22.3 Å². The van der Waals surface area contributed by atoms with Crippen LogP contribution in [-0.2, 0) is 11.3 Å². The molecular formula is C23H29N3O2S. The van der Waals surface area contributed by atoms with E-state index in [9.17, 15) is 9.59 Å². The van der Waals surface area contributed by atoms with E-state index >= 15 is 0 Å². The van der Waals surface area contributed by atoms with Crippen LogP contribution in [0.4, 0.5) is 0 Å². The first-order valence-electron chi connectivity index (χ1n) is 10.9. The van der Waals surface area contributed by atoms with Crippen molar-refractivity contribution < 1.29 is 4.79 Å². The summed E-state index contributed by atoms with van der Waals surface area (Å²) in [5.74, 6) is 2.49. The molecule has 0 spiro atoms. The van der Waals surface area contributed by atoms with E-state index in [0.29, 0.717) is 22.6 Å². The van der Waals surface area contributed by atoms with Crippen molar-refractivity contribution in [1.82, 2.24) is 14.9 Å². The molecule has 1 N–H and O–H groups in total. The summed E-state index contributed by atoms with van der Waals surface area (Å²) in [5, 5.41) is 4.43. The predicted molar refractivity (Wildman–Crippen MR) is 116 cm³/mol. The number of rotatable bonds is 5. The van der Waals surface area contributed by atoms with E-state index in [1.54, 1.807) is 4.57 Å². The summed E-state index contributed by atoms with van der Waals surface area (Å²) in [4.78, 5) is 30.7. The number of carbonyl (C=O) groups excluding carboxylic acids is 1. The lowest BCUT2D eigenvalue weighted by atomic mass is 9.53. The zero-order valence-electron chi connectivity index (χ0n) is 17.2. The molecule has 5 nitrogen and oxygen atoms in total. The van der Waals surface area contributed by atoms with Gasteiger partial charge in [0, 0.05) is 12.1 Å². The van der Waals surface area contributed by atoms with E-state index in [2.05, 4.69) is 5.32 Å². The Bertz CT molecular complexity index is 980. The highest BCUT2D eigenvalue weighted by Gasteiger charge is 2.51. The number of para-hydroxylation sites is 1. The summed E-state index contributed by atoms with van der Waals surface area (Å²) >= 11 is 1.40. The number of nitrogens with zero attached hydrogens (tertiary/aromatic N) is 2. The molecule has 6 heteroatoms. The summed E-state index contributed by atoms with van der Waals surface area (Å²) < 4.78 is 1.68. The van der Waals surface area contributed by atoms with Crippen molar-refractivity contribution in [2.75, 3.05) is 0 Å². The van der Waals surface area contributed by atoms with Crippen molar-refractivity contribution in [2.45, 2.75) is 74.9 Å². The van der Waals surface area contributed by atoms with Crippen LogP contribution in [0, 0.1) is 17.8 Å². The van der Waals surface area contributed by atoms with Crippen LogP contribution in [0.25, 0.3) is 10.9 Å². The smallest absolute Gasteiger partial charge is 0.262 e. The zero-order chi connectivity index (χ0) is 20.2. The maximum Gasteiger partial charge on any atom is 0.262 e. The Labute approximate surface area is 175 Å². The number of thioether (sulfide) groups is 1. The van der Waals surface area contributed by atoms with Crippen LogP contribution in [0.15, 0.2) is 34.2 Å². The fraction of sp³-hybridized carbons (Fsp3) is 0.609. The Morgan fingerprint density at radius 3 is 2.45 bits per heavy atom. The van der Waals surface area contributed by atoms with Crippen molar-refractivity contribution in [3.63, 3.8) is 0 Å². The summed E-state index contributed by atoms with van der Waals surface area (Å²) in [7, 11) is 0. The Kier molecular flexibility index (Phi) is 4.72. The molecule has 0 saturated heterocycles. The molecule has 1 aromatic carbocycles. The van der Waals surface area contributed by atoms with Gasteiger partial charge in [-0.15, -0.1) is 0 Å². The molecular weight excluding hydrogens is 382 g/mol. The van der Waals surface area contributed by atoms with Gasteiger partial charge in [-0.05, 0) is 82.3 Å². The molecule has 29 heavy (non-hydrogen) atoms. The monoisotopic (exact) mass is 411 g/mol. The first-order valence-corrected chi connectivity index (χ1v) is 11.8. The van der Waals surface area contributed by atoms with E-state index in [1.807, 2.05) is 38.1 Å². The highest BCUT2D eigenvalue weighted by atomic mass is 32.2. The average molecular weight is 412 g/mol. The molecule has 4 fully saturated rings. The molecule has 1 heterocycles. The van der Waals surface area contributed by atoms with Crippen molar-refractivity contribution in [3.8, 4) is 0 Å². The van der Waals surface area contributed by atoms with E-state index < -0.39 is 0 Å². The molecule has 1 amide bonds. The molecule has 0 unspecified atom stereocenters. The normalized spacial score (nSPS) is 31.2. The van der Waals surface area contributed by atoms with Crippen LogP contribution in [-0.4, -0.2) is 26.2 Å². The van der Waals surface area contributed by atoms with Crippen LogP contribution < -0.4 is 10.9 Å². The van der Waals surface area contributed by atoms with Crippen molar-refractivity contribution in [3.05, 3.63) is 34.6 Å². The van der Waals surface area contributed by atoms with Gasteiger partial charge in [-0.2, -0.15) is 0 Å². The van der Waals surface area contributed by atoms with Crippen LogP contribution >= 0.6 is 11.8 Å². The first kappa shape index (κ1) is 19.2. The standard InChI is InChI=1S/C23H29N3O2S/c1-3-26-21(28)18-6-4-5-7-19(18)24-22(26)29-14(2)20(27)25-23-11-15-8-16(12-23)10-17(9-15)13-23/h4-7,14-17H,3,8-13H2,1-2H3,(H,25,27)/t14-,15?,16?,17?,23?/m0/s1. The van der Waals surface area contributed by atoms with Crippen LogP contribution in [0.5, 0.6) is 0 Å². The van der Waals surface area contributed by atoms with Gasteiger partial charge < -0.3 is 5.32 Å². The van der Waals surface area contributed by atoms with Crippen LogP contribution in [0.2, 0.25) is 0 Å². The van der Waals surface area contributed by atoms with E-state index in [1.165, 1.54) is 31.0 Å². The molecule has 0 aliphatic heterocycles. The SMILES string of the molecule is CCn1c(S[C@@H](C)C(=O)NC23CC4CC(CC(C4)C2)C3)nc2ccccc2c1=O. The summed E-state index contributed by atoms with van der Waals surface area (Å²) in [6.45, 7) is 4.42. The molecule has 4 bridgehead atoms. The number of fused-ring (bicyclic) bond motifs is 1. The van der Waals surface area contributed by atoms with Gasteiger partial charge in [0.2, 0.25) is 5.91 Å². The fourth-order valence-electron chi connectivity index (χ4n) is 6.35. The minimum atomic E-state index is -0.283. The molecule has 2 aromatic rings. The third-order valence-electron chi connectivity index (χ3n) is 7.22. The summed E-state index contributed by atoms with van der Waals surface area (Å²) in [5.41, 5.74) is 0.676. The third kappa shape index (κ3) is 3.39. The van der Waals surface area contributed by atoms with Crippen LogP contribution in [0.3, 0.4) is 0 Å². The van der Waals surface area contributed by atoms with Gasteiger partial charge in [-0.3, -0.25) is 14.2 Å². The summed E-state index contributed by atoms with van der Waals surface area (Å²) in [6.07, 6.45) is 7.54. The van der Waals surface area contributed by atoms with E-state index in [0.717, 1.165) is 37.0 Å². The molecule has 0 radical (unpaired) electrons. The lowest BCUT2D eigenvalue weighted by molar-refractivity contribution is -0.126. The molecule has 6 rings (SSSR count). The number of carbonyl (C=O) groups is 1. The maximum absolute atomic E-state index is 13.1. The van der Waals surface area contributed by atoms with Crippen molar-refractivity contribution >= 4 is 28.6 Å². The lowest BCUT2D eigenvalue weighted by Crippen LogP contribution is -2.60. The molecule has 4 aliphatic carbocycles. The first-order chi connectivity index (χ1) is 14.0. The van der Waals surface area contributed by atoms with Gasteiger partial charge in [0.05, 0.1) is 16.2 Å². The van der Waals surface area contributed by atoms with Gasteiger partial charge in [-0.1, -0.05) is 23.9 Å². The number of nitrogens with one attached hydrogen (secondary N) is 1. The Hall–Kier alpha value is -1.82. The molecule has 154 valence electrons. The van der Waals surface area contributed by atoms with Crippen LogP contribution in [0.1, 0.15) is 52.4 Å². The molecule has 4 saturated carbocycles. The Morgan fingerprint density at radius 1 is 1.21 bits per heavy atom. The summed E-state index contributed by atoms with van der Waals surface area (Å²) in [6, 6.07) is 7.43. The molecule has 1 aromatic heterocycles. The highest BCUT2D eigenvalue weighted by Crippen LogP contribution is 2.55.